The number of fused-ring (bicyclic) bond motifs is 2. The Hall–Kier alpha value is -3.68. The molecule has 0 spiro atoms. The van der Waals surface area contributed by atoms with E-state index in [0.29, 0.717) is 29.1 Å². The minimum atomic E-state index is -4.16. The Morgan fingerprint density at radius 2 is 1.57 bits per heavy atom. The summed E-state index contributed by atoms with van der Waals surface area (Å²) in [4.78, 5) is 27.6. The van der Waals surface area contributed by atoms with Crippen molar-refractivity contribution in [2.45, 2.75) is 17.9 Å². The van der Waals surface area contributed by atoms with Gasteiger partial charge >= 0.3 is 0 Å². The van der Waals surface area contributed by atoms with Crippen LogP contribution < -0.4 is 4.72 Å². The summed E-state index contributed by atoms with van der Waals surface area (Å²) in [6, 6.07) is 23.8. The number of carbonyl (C=O) groups is 2. The zero-order chi connectivity index (χ0) is 24.6. The van der Waals surface area contributed by atoms with Crippen LogP contribution in [0.3, 0.4) is 0 Å². The van der Waals surface area contributed by atoms with Crippen molar-refractivity contribution in [3.8, 4) is 0 Å². The third kappa shape index (κ3) is 4.65. The largest absolute Gasteiger partial charge is 0.334 e. The Kier molecular flexibility index (Phi) is 6.05. The van der Waals surface area contributed by atoms with E-state index in [4.69, 9.17) is 11.6 Å². The highest BCUT2D eigenvalue weighted by Crippen LogP contribution is 2.26. The third-order valence-electron chi connectivity index (χ3n) is 6.13. The van der Waals surface area contributed by atoms with Crippen molar-refractivity contribution in [3.05, 3.63) is 112 Å². The van der Waals surface area contributed by atoms with E-state index >= 15 is 0 Å². The molecular formula is C27H21ClN2O4S. The molecule has 1 N–H and O–H groups in total. The normalized spacial score (nSPS) is 13.3. The number of hydrogen-bond acceptors (Lipinski definition) is 4. The Balaban J connectivity index is 1.35. The molecule has 4 aromatic carbocycles. The van der Waals surface area contributed by atoms with E-state index in [1.165, 1.54) is 29.8 Å². The summed E-state index contributed by atoms with van der Waals surface area (Å²) >= 11 is 6.20. The van der Waals surface area contributed by atoms with Crippen LogP contribution in [-0.4, -0.2) is 31.7 Å². The summed E-state index contributed by atoms with van der Waals surface area (Å²) in [5.74, 6) is -1.02. The summed E-state index contributed by atoms with van der Waals surface area (Å²) < 4.78 is 27.9. The molecule has 176 valence electrons. The van der Waals surface area contributed by atoms with Crippen LogP contribution in [0.25, 0.3) is 10.8 Å². The molecule has 4 aromatic rings. The second kappa shape index (κ2) is 9.17. The van der Waals surface area contributed by atoms with E-state index in [-0.39, 0.29) is 16.4 Å². The second-order valence-corrected chi connectivity index (χ2v) is 10.5. The number of carbonyl (C=O) groups excluding carboxylic acids is 2. The number of halogens is 1. The molecule has 6 nitrogen and oxygen atoms in total. The zero-order valence-electron chi connectivity index (χ0n) is 18.6. The van der Waals surface area contributed by atoms with Gasteiger partial charge in [0.05, 0.1) is 4.90 Å². The van der Waals surface area contributed by atoms with Crippen molar-refractivity contribution in [1.82, 2.24) is 9.62 Å². The van der Waals surface area contributed by atoms with Gasteiger partial charge in [0, 0.05) is 34.6 Å². The molecule has 0 bridgehead atoms. The van der Waals surface area contributed by atoms with Crippen LogP contribution in [0.2, 0.25) is 5.02 Å². The fourth-order valence-corrected chi connectivity index (χ4v) is 5.50. The first-order valence-electron chi connectivity index (χ1n) is 11.0. The summed E-state index contributed by atoms with van der Waals surface area (Å²) in [6.45, 7) is 1.06. The minimum Gasteiger partial charge on any atom is -0.334 e. The molecule has 0 unspecified atom stereocenters. The first kappa shape index (κ1) is 23.1. The van der Waals surface area contributed by atoms with E-state index < -0.39 is 15.9 Å². The van der Waals surface area contributed by atoms with Gasteiger partial charge < -0.3 is 4.90 Å². The molecule has 35 heavy (non-hydrogen) atoms. The SMILES string of the molecule is O=C(NS(=O)(=O)c1ccc2cccc(Cl)c2c1)c1cccc(C(=O)N2CCc3ccccc3C2)c1. The standard InChI is InChI=1S/C27H21ClN2O4S/c28-25-10-4-7-19-11-12-23(16-24(19)25)35(33,34)29-26(31)20-8-3-9-21(15-20)27(32)30-14-13-18-5-1-2-6-22(18)17-30/h1-12,15-16H,13-14,17H2,(H,29,31). The molecule has 0 saturated heterocycles. The Morgan fingerprint density at radius 1 is 0.829 bits per heavy atom. The maximum Gasteiger partial charge on any atom is 0.265 e. The van der Waals surface area contributed by atoms with E-state index in [9.17, 15) is 18.0 Å². The lowest BCUT2D eigenvalue weighted by Crippen LogP contribution is -2.36. The lowest BCUT2D eigenvalue weighted by atomic mass is 9.99. The first-order valence-corrected chi connectivity index (χ1v) is 12.9. The number of sulfonamides is 1. The molecule has 1 aliphatic heterocycles. The van der Waals surface area contributed by atoms with E-state index in [1.807, 2.05) is 24.3 Å². The van der Waals surface area contributed by atoms with E-state index in [2.05, 4.69) is 10.8 Å². The Morgan fingerprint density at radius 3 is 2.40 bits per heavy atom. The molecule has 0 atom stereocenters. The van der Waals surface area contributed by atoms with Crippen LogP contribution in [0.15, 0.2) is 89.8 Å². The highest BCUT2D eigenvalue weighted by atomic mass is 35.5. The molecule has 0 radical (unpaired) electrons. The molecule has 0 fully saturated rings. The van der Waals surface area contributed by atoms with Crippen molar-refractivity contribution < 1.29 is 18.0 Å². The summed E-state index contributed by atoms with van der Waals surface area (Å²) in [6.07, 6.45) is 0.760. The van der Waals surface area contributed by atoms with Gasteiger partial charge in [-0.05, 0) is 59.3 Å². The predicted molar refractivity (Wildman–Crippen MR) is 135 cm³/mol. The zero-order valence-corrected chi connectivity index (χ0v) is 20.1. The minimum absolute atomic E-state index is 0.0781. The molecule has 8 heteroatoms. The van der Waals surface area contributed by atoms with Crippen LogP contribution in [-0.2, 0) is 23.0 Å². The van der Waals surface area contributed by atoms with Crippen molar-refractivity contribution >= 4 is 44.2 Å². The van der Waals surface area contributed by atoms with Gasteiger partial charge in [-0.3, -0.25) is 9.59 Å². The van der Waals surface area contributed by atoms with Gasteiger partial charge in [-0.1, -0.05) is 60.1 Å². The maximum absolute atomic E-state index is 13.1. The van der Waals surface area contributed by atoms with Crippen LogP contribution in [0.5, 0.6) is 0 Å². The number of amides is 2. The van der Waals surface area contributed by atoms with Gasteiger partial charge in [-0.2, -0.15) is 0 Å². The molecule has 2 amide bonds. The van der Waals surface area contributed by atoms with Gasteiger partial charge in [0.15, 0.2) is 0 Å². The molecule has 5 rings (SSSR count). The lowest BCUT2D eigenvalue weighted by molar-refractivity contribution is 0.0734. The van der Waals surface area contributed by atoms with Gasteiger partial charge in [0.25, 0.3) is 21.8 Å². The number of rotatable bonds is 4. The summed E-state index contributed by atoms with van der Waals surface area (Å²) in [5.41, 5.74) is 2.73. The van der Waals surface area contributed by atoms with Crippen molar-refractivity contribution in [1.29, 1.82) is 0 Å². The Labute approximate surface area is 208 Å². The average molecular weight is 505 g/mol. The molecule has 1 heterocycles. The number of hydrogen-bond donors (Lipinski definition) is 1. The van der Waals surface area contributed by atoms with Gasteiger partial charge in [0.1, 0.15) is 0 Å². The van der Waals surface area contributed by atoms with E-state index in [0.717, 1.165) is 17.4 Å². The number of benzene rings is 4. The van der Waals surface area contributed by atoms with Crippen LogP contribution in [0.4, 0.5) is 0 Å². The monoisotopic (exact) mass is 504 g/mol. The fraction of sp³-hybridized carbons (Fsp3) is 0.111. The van der Waals surface area contributed by atoms with Gasteiger partial charge in [-0.25, -0.2) is 13.1 Å². The number of nitrogens with one attached hydrogen (secondary N) is 1. The van der Waals surface area contributed by atoms with Crippen LogP contribution in [0.1, 0.15) is 31.8 Å². The molecule has 0 aliphatic carbocycles. The smallest absolute Gasteiger partial charge is 0.265 e. The van der Waals surface area contributed by atoms with Crippen LogP contribution in [0, 0.1) is 0 Å². The predicted octanol–water partition coefficient (Wildman–Crippen LogP) is 4.81. The first-order chi connectivity index (χ1) is 16.8. The molecule has 0 aromatic heterocycles. The highest BCUT2D eigenvalue weighted by Gasteiger charge is 2.24. The fourth-order valence-electron chi connectivity index (χ4n) is 4.27. The van der Waals surface area contributed by atoms with Crippen molar-refractivity contribution in [2.24, 2.45) is 0 Å². The summed E-state index contributed by atoms with van der Waals surface area (Å²) in [7, 11) is -4.16. The summed E-state index contributed by atoms with van der Waals surface area (Å²) in [5, 5.41) is 1.77. The third-order valence-corrected chi connectivity index (χ3v) is 7.79. The lowest BCUT2D eigenvalue weighted by Gasteiger charge is -2.29. The van der Waals surface area contributed by atoms with Crippen LogP contribution >= 0.6 is 11.6 Å². The second-order valence-electron chi connectivity index (χ2n) is 8.38. The average Bonchev–Trinajstić information content (AvgIpc) is 2.88. The number of nitrogens with zero attached hydrogens (tertiary/aromatic N) is 1. The molecule has 0 saturated carbocycles. The van der Waals surface area contributed by atoms with Gasteiger partial charge in [0.2, 0.25) is 0 Å². The topological polar surface area (TPSA) is 83.5 Å². The molecular weight excluding hydrogens is 484 g/mol. The van der Waals surface area contributed by atoms with Gasteiger partial charge in [-0.15, -0.1) is 0 Å². The quantitative estimate of drug-likeness (QED) is 0.432. The molecule has 1 aliphatic rings. The van der Waals surface area contributed by atoms with E-state index in [1.54, 1.807) is 35.2 Å². The van der Waals surface area contributed by atoms with Crippen molar-refractivity contribution in [3.63, 3.8) is 0 Å². The highest BCUT2D eigenvalue weighted by molar-refractivity contribution is 7.90. The Bertz CT molecular complexity index is 1580. The van der Waals surface area contributed by atoms with Crippen molar-refractivity contribution in [2.75, 3.05) is 6.54 Å². The maximum atomic E-state index is 13.1.